The molecule has 2 aromatic heterocycles. The number of hydrogen-bond donors (Lipinski definition) is 1. The molecule has 1 atom stereocenters. The fraction of sp³-hybridized carbons (Fsp3) is 0.391. The molecule has 1 N–H and O–H groups in total. The second-order valence-corrected chi connectivity index (χ2v) is 9.19. The molecular weight excluding hydrogens is 428 g/mol. The molecular formula is C23H26N4O4S. The highest BCUT2D eigenvalue weighted by Gasteiger charge is 2.23. The standard InChI is InChI=1S/C23H26N4O4S/c1-14-6-5-9-26(11-14)18(28)12-27-13-24-22-19(23(27)30)15(2)20(32-22)21(29)25-16-7-4-8-17(10-16)31-3/h4,7-8,10,13-14H,5-6,9,11-12H2,1-3H3,(H,25,29). The Balaban J connectivity index is 1.58. The minimum atomic E-state index is -0.317. The Hall–Kier alpha value is -3.20. The summed E-state index contributed by atoms with van der Waals surface area (Å²) in [7, 11) is 1.56. The highest BCUT2D eigenvalue weighted by atomic mass is 32.1. The van der Waals surface area contributed by atoms with Gasteiger partial charge in [-0.1, -0.05) is 13.0 Å². The minimum absolute atomic E-state index is 0.0465. The molecule has 4 rings (SSSR count). The van der Waals surface area contributed by atoms with Crippen LogP contribution in [-0.2, 0) is 11.3 Å². The minimum Gasteiger partial charge on any atom is -0.497 e. The van der Waals surface area contributed by atoms with E-state index in [9.17, 15) is 14.4 Å². The van der Waals surface area contributed by atoms with Crippen molar-refractivity contribution in [2.75, 3.05) is 25.5 Å². The van der Waals surface area contributed by atoms with Crippen LogP contribution >= 0.6 is 11.3 Å². The maximum atomic E-state index is 13.1. The molecule has 9 heteroatoms. The lowest BCUT2D eigenvalue weighted by molar-refractivity contribution is -0.133. The van der Waals surface area contributed by atoms with Crippen LogP contribution in [0.1, 0.15) is 35.0 Å². The van der Waals surface area contributed by atoms with Gasteiger partial charge in [0.2, 0.25) is 5.91 Å². The van der Waals surface area contributed by atoms with Crippen LogP contribution in [0.2, 0.25) is 0 Å². The lowest BCUT2D eigenvalue weighted by Crippen LogP contribution is -2.42. The molecule has 1 unspecified atom stereocenters. The van der Waals surface area contributed by atoms with Crippen LogP contribution < -0.4 is 15.6 Å². The number of piperidine rings is 1. The topological polar surface area (TPSA) is 93.5 Å². The maximum Gasteiger partial charge on any atom is 0.266 e. The SMILES string of the molecule is COc1cccc(NC(=O)c2sc3ncn(CC(=O)N4CCCC(C)C4)c(=O)c3c2C)c1. The second kappa shape index (κ2) is 9.12. The van der Waals surface area contributed by atoms with Crippen LogP contribution in [0.5, 0.6) is 5.75 Å². The van der Waals surface area contributed by atoms with E-state index in [1.54, 1.807) is 38.3 Å². The third kappa shape index (κ3) is 4.38. The Morgan fingerprint density at radius 2 is 2.16 bits per heavy atom. The number of carbonyl (C=O) groups is 2. The predicted octanol–water partition coefficient (Wildman–Crippen LogP) is 3.29. The fourth-order valence-electron chi connectivity index (χ4n) is 4.04. The first kappa shape index (κ1) is 22.0. The van der Waals surface area contributed by atoms with Gasteiger partial charge < -0.3 is 15.0 Å². The molecule has 0 spiro atoms. The van der Waals surface area contributed by atoms with Crippen LogP contribution in [0.3, 0.4) is 0 Å². The van der Waals surface area contributed by atoms with Gasteiger partial charge in [0, 0.05) is 24.8 Å². The normalized spacial score (nSPS) is 16.2. The number of thiophene rings is 1. The zero-order valence-electron chi connectivity index (χ0n) is 18.4. The van der Waals surface area contributed by atoms with Crippen molar-refractivity contribution < 1.29 is 14.3 Å². The summed E-state index contributed by atoms with van der Waals surface area (Å²) in [4.78, 5) is 45.8. The van der Waals surface area contributed by atoms with Crippen molar-refractivity contribution in [1.29, 1.82) is 0 Å². The third-order valence-corrected chi connectivity index (χ3v) is 6.97. The number of anilines is 1. The first-order chi connectivity index (χ1) is 15.4. The number of fused-ring (bicyclic) bond motifs is 1. The number of carbonyl (C=O) groups excluding carboxylic acids is 2. The van der Waals surface area contributed by atoms with E-state index in [1.165, 1.54) is 22.2 Å². The summed E-state index contributed by atoms with van der Waals surface area (Å²) in [6.45, 7) is 5.26. The van der Waals surface area contributed by atoms with Gasteiger partial charge in [0.05, 0.1) is 23.7 Å². The molecule has 32 heavy (non-hydrogen) atoms. The molecule has 1 aliphatic rings. The number of nitrogens with zero attached hydrogens (tertiary/aromatic N) is 3. The van der Waals surface area contributed by atoms with Gasteiger partial charge in [-0.3, -0.25) is 19.0 Å². The number of ether oxygens (including phenoxy) is 1. The summed E-state index contributed by atoms with van der Waals surface area (Å²) >= 11 is 1.17. The van der Waals surface area contributed by atoms with E-state index in [1.807, 2.05) is 4.90 Å². The predicted molar refractivity (Wildman–Crippen MR) is 125 cm³/mol. The molecule has 8 nitrogen and oxygen atoms in total. The number of methoxy groups -OCH3 is 1. The summed E-state index contributed by atoms with van der Waals surface area (Å²) < 4.78 is 6.53. The quantitative estimate of drug-likeness (QED) is 0.639. The molecule has 3 heterocycles. The number of likely N-dealkylation sites (tertiary alicyclic amines) is 1. The first-order valence-corrected chi connectivity index (χ1v) is 11.4. The Bertz CT molecular complexity index is 1230. The number of aromatic nitrogens is 2. The monoisotopic (exact) mass is 454 g/mol. The maximum absolute atomic E-state index is 13.1. The fourth-order valence-corrected chi connectivity index (χ4v) is 5.07. The van der Waals surface area contributed by atoms with E-state index in [-0.39, 0.29) is 23.9 Å². The Morgan fingerprint density at radius 1 is 1.34 bits per heavy atom. The Kier molecular flexibility index (Phi) is 6.27. The van der Waals surface area contributed by atoms with Crippen molar-refractivity contribution in [2.45, 2.75) is 33.2 Å². The molecule has 1 aromatic carbocycles. The van der Waals surface area contributed by atoms with Crippen molar-refractivity contribution in [3.63, 3.8) is 0 Å². The van der Waals surface area contributed by atoms with Gasteiger partial charge in [-0.2, -0.15) is 0 Å². The average molecular weight is 455 g/mol. The van der Waals surface area contributed by atoms with Gasteiger partial charge in [0.1, 0.15) is 17.1 Å². The Labute approximate surface area is 189 Å². The van der Waals surface area contributed by atoms with Gasteiger partial charge in [0.15, 0.2) is 0 Å². The van der Waals surface area contributed by atoms with Crippen molar-refractivity contribution in [3.05, 3.63) is 51.4 Å². The van der Waals surface area contributed by atoms with Crippen LogP contribution in [0.25, 0.3) is 10.2 Å². The molecule has 2 amide bonds. The van der Waals surface area contributed by atoms with Gasteiger partial charge in [-0.15, -0.1) is 11.3 Å². The van der Waals surface area contributed by atoms with E-state index in [0.717, 1.165) is 25.9 Å². The molecule has 1 fully saturated rings. The van der Waals surface area contributed by atoms with Gasteiger partial charge in [-0.25, -0.2) is 4.98 Å². The van der Waals surface area contributed by atoms with E-state index in [2.05, 4.69) is 17.2 Å². The highest BCUT2D eigenvalue weighted by Crippen LogP contribution is 2.28. The summed E-state index contributed by atoms with van der Waals surface area (Å²) in [6.07, 6.45) is 3.50. The number of rotatable bonds is 5. The van der Waals surface area contributed by atoms with Crippen LogP contribution in [-0.4, -0.2) is 46.5 Å². The van der Waals surface area contributed by atoms with E-state index in [4.69, 9.17) is 4.74 Å². The first-order valence-electron chi connectivity index (χ1n) is 10.6. The third-order valence-electron chi connectivity index (χ3n) is 5.77. The van der Waals surface area contributed by atoms with Crippen molar-refractivity contribution in [1.82, 2.24) is 14.5 Å². The zero-order valence-corrected chi connectivity index (χ0v) is 19.2. The number of nitrogens with one attached hydrogen (secondary N) is 1. The van der Waals surface area contributed by atoms with Gasteiger partial charge in [-0.05, 0) is 43.4 Å². The molecule has 168 valence electrons. The van der Waals surface area contributed by atoms with Gasteiger partial charge >= 0.3 is 0 Å². The summed E-state index contributed by atoms with van der Waals surface area (Å²) in [5.41, 5.74) is 0.858. The number of hydrogen-bond acceptors (Lipinski definition) is 6. The van der Waals surface area contributed by atoms with Crippen molar-refractivity contribution >= 4 is 39.1 Å². The molecule has 0 saturated carbocycles. The van der Waals surface area contributed by atoms with Gasteiger partial charge in [0.25, 0.3) is 11.5 Å². The highest BCUT2D eigenvalue weighted by molar-refractivity contribution is 7.20. The van der Waals surface area contributed by atoms with Crippen LogP contribution in [0.15, 0.2) is 35.4 Å². The zero-order chi connectivity index (χ0) is 22.8. The van der Waals surface area contributed by atoms with Crippen molar-refractivity contribution in [3.8, 4) is 5.75 Å². The lowest BCUT2D eigenvalue weighted by Gasteiger charge is -2.31. The molecule has 0 aliphatic carbocycles. The smallest absolute Gasteiger partial charge is 0.266 e. The number of benzene rings is 1. The molecule has 1 aliphatic heterocycles. The van der Waals surface area contributed by atoms with E-state index < -0.39 is 0 Å². The lowest BCUT2D eigenvalue weighted by atomic mass is 10.0. The number of amides is 2. The summed E-state index contributed by atoms with van der Waals surface area (Å²) in [6, 6.07) is 7.06. The molecule has 1 saturated heterocycles. The largest absolute Gasteiger partial charge is 0.497 e. The van der Waals surface area contributed by atoms with Crippen LogP contribution in [0, 0.1) is 12.8 Å². The van der Waals surface area contributed by atoms with Crippen LogP contribution in [0.4, 0.5) is 5.69 Å². The number of aryl methyl sites for hydroxylation is 1. The van der Waals surface area contributed by atoms with E-state index in [0.29, 0.717) is 38.0 Å². The Morgan fingerprint density at radius 3 is 2.91 bits per heavy atom. The second-order valence-electron chi connectivity index (χ2n) is 8.19. The van der Waals surface area contributed by atoms with E-state index >= 15 is 0 Å². The van der Waals surface area contributed by atoms with Crippen molar-refractivity contribution in [2.24, 2.45) is 5.92 Å². The molecule has 0 bridgehead atoms. The molecule has 3 aromatic rings. The average Bonchev–Trinajstić information content (AvgIpc) is 3.13. The summed E-state index contributed by atoms with van der Waals surface area (Å²) in [5, 5.41) is 3.22. The molecule has 0 radical (unpaired) electrons. The summed E-state index contributed by atoms with van der Waals surface area (Å²) in [5.74, 6) is 0.703.